The van der Waals surface area contributed by atoms with E-state index in [0.717, 1.165) is 30.8 Å². The molecule has 4 heteroatoms. The van der Waals surface area contributed by atoms with E-state index in [1.165, 1.54) is 10.4 Å². The highest BCUT2D eigenvalue weighted by molar-refractivity contribution is 7.14. The van der Waals surface area contributed by atoms with Crippen molar-refractivity contribution in [2.45, 2.75) is 26.7 Å². The number of thiophene rings is 1. The summed E-state index contributed by atoms with van der Waals surface area (Å²) >= 11 is 1.61. The van der Waals surface area contributed by atoms with Crippen molar-refractivity contribution >= 4 is 17.2 Å². The molecule has 0 unspecified atom stereocenters. The van der Waals surface area contributed by atoms with E-state index in [9.17, 15) is 4.79 Å². The molecule has 0 bridgehead atoms. The molecule has 0 fully saturated rings. The van der Waals surface area contributed by atoms with Crippen molar-refractivity contribution in [3.05, 3.63) is 21.4 Å². The summed E-state index contributed by atoms with van der Waals surface area (Å²) in [6.45, 7) is 5.83. The van der Waals surface area contributed by atoms with Gasteiger partial charge in [-0.3, -0.25) is 4.79 Å². The number of carbonyl (C=O) groups excluding carboxylic acids is 1. The Kier molecular flexibility index (Phi) is 5.65. The number of likely N-dealkylation sites (N-methyl/N-ethyl adjacent to an activating group) is 2. The largest absolute Gasteiger partial charge is 0.340 e. The summed E-state index contributed by atoms with van der Waals surface area (Å²) in [5, 5.41) is 3.05. The molecule has 0 atom stereocenters. The molecule has 17 heavy (non-hydrogen) atoms. The van der Waals surface area contributed by atoms with Crippen LogP contribution in [0.2, 0.25) is 0 Å². The Morgan fingerprint density at radius 2 is 2.24 bits per heavy atom. The summed E-state index contributed by atoms with van der Waals surface area (Å²) in [5.74, 6) is 0.135. The van der Waals surface area contributed by atoms with Crippen molar-refractivity contribution in [3.8, 4) is 0 Å². The van der Waals surface area contributed by atoms with Gasteiger partial charge in [0.15, 0.2) is 0 Å². The zero-order valence-electron chi connectivity index (χ0n) is 11.2. The van der Waals surface area contributed by atoms with Gasteiger partial charge in [0.2, 0.25) is 0 Å². The molecule has 0 aliphatic rings. The third-order valence-corrected chi connectivity index (χ3v) is 3.88. The number of hydrogen-bond donors (Lipinski definition) is 1. The molecule has 1 rings (SSSR count). The first-order valence-corrected chi connectivity index (χ1v) is 6.91. The van der Waals surface area contributed by atoms with E-state index in [2.05, 4.69) is 25.2 Å². The maximum atomic E-state index is 12.1. The lowest BCUT2D eigenvalue weighted by molar-refractivity contribution is 0.0801. The van der Waals surface area contributed by atoms with Crippen LogP contribution in [0.4, 0.5) is 0 Å². The fraction of sp³-hybridized carbons (Fsp3) is 0.615. The monoisotopic (exact) mass is 254 g/mol. The summed E-state index contributed by atoms with van der Waals surface area (Å²) < 4.78 is 0. The number of carbonyl (C=O) groups is 1. The van der Waals surface area contributed by atoms with Crippen LogP contribution in [0.5, 0.6) is 0 Å². The number of aryl methyl sites for hydroxylation is 2. The predicted octanol–water partition coefficient (Wildman–Crippen LogP) is 2.30. The summed E-state index contributed by atoms with van der Waals surface area (Å²) in [7, 11) is 3.75. The Balaban J connectivity index is 2.71. The van der Waals surface area contributed by atoms with Crippen molar-refractivity contribution in [1.29, 1.82) is 0 Å². The number of amides is 1. The fourth-order valence-electron chi connectivity index (χ4n) is 1.71. The van der Waals surface area contributed by atoms with Gasteiger partial charge in [0, 0.05) is 25.0 Å². The zero-order chi connectivity index (χ0) is 12.8. The van der Waals surface area contributed by atoms with Gasteiger partial charge in [0.25, 0.3) is 5.91 Å². The van der Waals surface area contributed by atoms with Crippen molar-refractivity contribution in [1.82, 2.24) is 10.2 Å². The maximum absolute atomic E-state index is 12.1. The molecule has 1 amide bonds. The second kappa shape index (κ2) is 6.77. The van der Waals surface area contributed by atoms with Crippen molar-refractivity contribution < 1.29 is 4.79 Å². The van der Waals surface area contributed by atoms with Crippen LogP contribution < -0.4 is 5.32 Å². The van der Waals surface area contributed by atoms with E-state index in [4.69, 9.17) is 0 Å². The Morgan fingerprint density at radius 3 is 2.82 bits per heavy atom. The average molecular weight is 254 g/mol. The van der Waals surface area contributed by atoms with Crippen molar-refractivity contribution in [2.24, 2.45) is 0 Å². The van der Waals surface area contributed by atoms with Gasteiger partial charge in [-0.25, -0.2) is 0 Å². The molecule has 0 aromatic carbocycles. The van der Waals surface area contributed by atoms with Gasteiger partial charge >= 0.3 is 0 Å². The molecule has 0 radical (unpaired) electrons. The van der Waals surface area contributed by atoms with Crippen LogP contribution in [-0.4, -0.2) is 38.0 Å². The highest BCUT2D eigenvalue weighted by Gasteiger charge is 2.15. The standard InChI is InChI=1S/C13H22N2OS/c1-5-6-11-9-12(17-10(11)2)13(16)15(4)8-7-14-3/h9,14H,5-8H2,1-4H3. The molecule has 1 N–H and O–H groups in total. The third-order valence-electron chi connectivity index (χ3n) is 2.79. The first-order valence-electron chi connectivity index (χ1n) is 6.09. The van der Waals surface area contributed by atoms with E-state index in [1.807, 2.05) is 14.1 Å². The van der Waals surface area contributed by atoms with E-state index in [0.29, 0.717) is 0 Å². The van der Waals surface area contributed by atoms with E-state index in [1.54, 1.807) is 16.2 Å². The van der Waals surface area contributed by atoms with Crippen molar-refractivity contribution in [2.75, 3.05) is 27.2 Å². The summed E-state index contributed by atoms with van der Waals surface area (Å²) in [4.78, 5) is 16.0. The highest BCUT2D eigenvalue weighted by Crippen LogP contribution is 2.23. The summed E-state index contributed by atoms with van der Waals surface area (Å²) in [6.07, 6.45) is 2.19. The van der Waals surface area contributed by atoms with Gasteiger partial charge in [-0.1, -0.05) is 13.3 Å². The molecule has 1 heterocycles. The Morgan fingerprint density at radius 1 is 1.53 bits per heavy atom. The van der Waals surface area contributed by atoms with Gasteiger partial charge in [-0.05, 0) is 32.0 Å². The van der Waals surface area contributed by atoms with Gasteiger partial charge in [-0.15, -0.1) is 11.3 Å². The number of rotatable bonds is 6. The van der Waals surface area contributed by atoms with Crippen LogP contribution in [-0.2, 0) is 6.42 Å². The molecule has 0 saturated heterocycles. The first kappa shape index (κ1) is 14.2. The molecule has 0 aliphatic carbocycles. The van der Waals surface area contributed by atoms with E-state index >= 15 is 0 Å². The van der Waals surface area contributed by atoms with Crippen molar-refractivity contribution in [3.63, 3.8) is 0 Å². The summed E-state index contributed by atoms with van der Waals surface area (Å²) in [6, 6.07) is 2.06. The highest BCUT2D eigenvalue weighted by atomic mass is 32.1. The average Bonchev–Trinajstić information content (AvgIpc) is 2.67. The van der Waals surface area contributed by atoms with Crippen LogP contribution in [0.1, 0.15) is 33.5 Å². The predicted molar refractivity (Wildman–Crippen MR) is 73.9 cm³/mol. The molecule has 3 nitrogen and oxygen atoms in total. The van der Waals surface area contributed by atoms with Gasteiger partial charge in [-0.2, -0.15) is 0 Å². The van der Waals surface area contributed by atoms with Gasteiger partial charge in [0.05, 0.1) is 4.88 Å². The lowest BCUT2D eigenvalue weighted by Gasteiger charge is -2.15. The van der Waals surface area contributed by atoms with Crippen LogP contribution in [0.3, 0.4) is 0 Å². The fourth-order valence-corrected chi connectivity index (χ4v) is 2.78. The van der Waals surface area contributed by atoms with Crippen LogP contribution in [0.25, 0.3) is 0 Å². The molecule has 0 aliphatic heterocycles. The maximum Gasteiger partial charge on any atom is 0.263 e. The number of nitrogens with zero attached hydrogens (tertiary/aromatic N) is 1. The Bertz CT molecular complexity index is 373. The molecular weight excluding hydrogens is 232 g/mol. The smallest absolute Gasteiger partial charge is 0.263 e. The van der Waals surface area contributed by atoms with E-state index in [-0.39, 0.29) is 5.91 Å². The first-order chi connectivity index (χ1) is 8.10. The number of hydrogen-bond acceptors (Lipinski definition) is 3. The lowest BCUT2D eigenvalue weighted by atomic mass is 10.1. The molecule has 96 valence electrons. The lowest BCUT2D eigenvalue weighted by Crippen LogP contribution is -2.32. The molecule has 0 spiro atoms. The molecule has 0 saturated carbocycles. The van der Waals surface area contributed by atoms with Crippen LogP contribution >= 0.6 is 11.3 Å². The van der Waals surface area contributed by atoms with Gasteiger partial charge in [0.1, 0.15) is 0 Å². The Hall–Kier alpha value is -0.870. The van der Waals surface area contributed by atoms with Crippen LogP contribution in [0.15, 0.2) is 6.07 Å². The minimum Gasteiger partial charge on any atom is -0.340 e. The topological polar surface area (TPSA) is 32.3 Å². The molecule has 1 aromatic rings. The zero-order valence-corrected chi connectivity index (χ0v) is 12.0. The van der Waals surface area contributed by atoms with E-state index < -0.39 is 0 Å². The number of nitrogens with one attached hydrogen (secondary N) is 1. The minimum atomic E-state index is 0.135. The second-order valence-electron chi connectivity index (χ2n) is 4.27. The third kappa shape index (κ3) is 3.82. The minimum absolute atomic E-state index is 0.135. The summed E-state index contributed by atoms with van der Waals surface area (Å²) in [5.41, 5.74) is 1.32. The van der Waals surface area contributed by atoms with Gasteiger partial charge < -0.3 is 10.2 Å². The second-order valence-corrected chi connectivity index (χ2v) is 5.53. The normalized spacial score (nSPS) is 10.6. The Labute approximate surface area is 108 Å². The quantitative estimate of drug-likeness (QED) is 0.845. The molecule has 1 aromatic heterocycles. The van der Waals surface area contributed by atoms with Crippen LogP contribution in [0, 0.1) is 6.92 Å². The molecular formula is C13H22N2OS. The SMILES string of the molecule is CCCc1cc(C(=O)N(C)CCNC)sc1C.